The van der Waals surface area contributed by atoms with Gasteiger partial charge in [0.2, 0.25) is 0 Å². The molecule has 1 atom stereocenters. The Morgan fingerprint density at radius 3 is 2.68 bits per heavy atom. The molecule has 0 amide bonds. The summed E-state index contributed by atoms with van der Waals surface area (Å²) >= 11 is 0. The Balaban J connectivity index is 1.58. The number of benzene rings is 2. The average Bonchev–Trinajstić information content (AvgIpc) is 3.13. The molecule has 1 heterocycles. The highest BCUT2D eigenvalue weighted by molar-refractivity contribution is 5.88. The molecule has 5 nitrogen and oxygen atoms in total. The highest BCUT2D eigenvalue weighted by atomic mass is 19.3. The maximum Gasteiger partial charge on any atom is 0.387 e. The van der Waals surface area contributed by atoms with E-state index in [9.17, 15) is 13.6 Å². The molecule has 128 valence electrons. The molecule has 0 aromatic heterocycles. The first-order valence-electron chi connectivity index (χ1n) is 7.68. The molecule has 7 heteroatoms. The van der Waals surface area contributed by atoms with Gasteiger partial charge < -0.3 is 14.9 Å². The number of hydrogen-bond acceptors (Lipinski definition) is 4. The smallest absolute Gasteiger partial charge is 0.387 e. The summed E-state index contributed by atoms with van der Waals surface area (Å²) in [5.41, 5.74) is 7.00. The minimum absolute atomic E-state index is 0.102. The van der Waals surface area contributed by atoms with Crippen molar-refractivity contribution in [3.05, 3.63) is 64.7 Å². The van der Waals surface area contributed by atoms with Crippen molar-refractivity contribution >= 4 is 17.7 Å². The van der Waals surface area contributed by atoms with E-state index in [1.807, 2.05) is 17.2 Å². The second-order valence-corrected chi connectivity index (χ2v) is 5.86. The van der Waals surface area contributed by atoms with Crippen LogP contribution in [-0.2, 0) is 0 Å². The Morgan fingerprint density at radius 1 is 1.24 bits per heavy atom. The van der Waals surface area contributed by atoms with E-state index in [0.717, 1.165) is 16.8 Å². The first-order valence-corrected chi connectivity index (χ1v) is 7.68. The molecule has 0 radical (unpaired) electrons. The third-order valence-electron chi connectivity index (χ3n) is 4.38. The van der Waals surface area contributed by atoms with Crippen LogP contribution in [0.2, 0.25) is 0 Å². The second-order valence-electron chi connectivity index (χ2n) is 5.86. The van der Waals surface area contributed by atoms with E-state index in [1.54, 1.807) is 30.3 Å². The fourth-order valence-electron chi connectivity index (χ4n) is 3.26. The number of anilines is 1. The predicted molar refractivity (Wildman–Crippen MR) is 87.7 cm³/mol. The number of carboxylic acids is 1. The van der Waals surface area contributed by atoms with Gasteiger partial charge in [-0.1, -0.05) is 12.1 Å². The Bertz CT molecular complexity index is 865. The fourth-order valence-corrected chi connectivity index (χ4v) is 3.26. The number of alkyl halides is 2. The highest BCUT2D eigenvalue weighted by Gasteiger charge is 2.35. The molecular weight excluding hydrogens is 330 g/mol. The van der Waals surface area contributed by atoms with Crippen LogP contribution < -0.4 is 15.2 Å². The summed E-state index contributed by atoms with van der Waals surface area (Å²) in [6.45, 7) is -2.29. The summed E-state index contributed by atoms with van der Waals surface area (Å²) in [4.78, 5) is 10.9. The summed E-state index contributed by atoms with van der Waals surface area (Å²) in [5.74, 6) is -0.797. The SMILES string of the molecule is O=C(O)c1ccc(N2CC3=Cc4c(OC(F)F)cccc4C3N2)cc1. The first kappa shape index (κ1) is 15.6. The summed E-state index contributed by atoms with van der Waals surface area (Å²) in [5, 5.41) is 10.9. The van der Waals surface area contributed by atoms with Crippen molar-refractivity contribution in [1.82, 2.24) is 5.43 Å². The molecule has 1 aliphatic carbocycles. The number of carboxylic acid groups (broad SMARTS) is 1. The van der Waals surface area contributed by atoms with Gasteiger partial charge in [0, 0.05) is 5.56 Å². The van der Waals surface area contributed by atoms with Crippen LogP contribution in [0.5, 0.6) is 5.75 Å². The lowest BCUT2D eigenvalue weighted by Crippen LogP contribution is -2.32. The molecule has 1 saturated heterocycles. The van der Waals surface area contributed by atoms with Gasteiger partial charge in [0.05, 0.1) is 23.8 Å². The summed E-state index contributed by atoms with van der Waals surface area (Å²) < 4.78 is 29.7. The largest absolute Gasteiger partial charge is 0.478 e. The number of hydrogen-bond donors (Lipinski definition) is 2. The number of halogens is 2. The number of fused-ring (bicyclic) bond motifs is 3. The summed E-state index contributed by atoms with van der Waals surface area (Å²) in [6.07, 6.45) is 1.87. The average molecular weight is 344 g/mol. The molecule has 0 spiro atoms. The van der Waals surface area contributed by atoms with Gasteiger partial charge in [0.15, 0.2) is 0 Å². The van der Waals surface area contributed by atoms with E-state index in [0.29, 0.717) is 12.1 Å². The van der Waals surface area contributed by atoms with Gasteiger partial charge in [-0.25, -0.2) is 10.2 Å². The molecule has 2 aliphatic rings. The maximum atomic E-state index is 12.5. The van der Waals surface area contributed by atoms with Crippen molar-refractivity contribution in [2.24, 2.45) is 0 Å². The minimum atomic E-state index is -2.86. The van der Waals surface area contributed by atoms with E-state index in [4.69, 9.17) is 5.11 Å². The van der Waals surface area contributed by atoms with Crippen molar-refractivity contribution in [2.45, 2.75) is 12.7 Å². The number of rotatable bonds is 4. The molecule has 0 saturated carbocycles. The summed E-state index contributed by atoms with van der Waals surface area (Å²) in [7, 11) is 0. The van der Waals surface area contributed by atoms with Gasteiger partial charge >= 0.3 is 12.6 Å². The molecule has 4 rings (SSSR count). The predicted octanol–water partition coefficient (Wildman–Crippen LogP) is 3.45. The molecule has 0 bridgehead atoms. The van der Waals surface area contributed by atoms with Gasteiger partial charge in [-0.15, -0.1) is 0 Å². The van der Waals surface area contributed by atoms with Crippen molar-refractivity contribution in [1.29, 1.82) is 0 Å². The van der Waals surface area contributed by atoms with E-state index < -0.39 is 12.6 Å². The lowest BCUT2D eigenvalue weighted by Gasteiger charge is -2.20. The van der Waals surface area contributed by atoms with Crippen molar-refractivity contribution in [3.63, 3.8) is 0 Å². The third-order valence-corrected chi connectivity index (χ3v) is 4.38. The summed E-state index contributed by atoms with van der Waals surface area (Å²) in [6, 6.07) is 11.6. The van der Waals surface area contributed by atoms with E-state index in [-0.39, 0.29) is 17.4 Å². The number of ether oxygens (including phenoxy) is 1. The van der Waals surface area contributed by atoms with Crippen LogP contribution >= 0.6 is 0 Å². The number of carbonyl (C=O) groups is 1. The van der Waals surface area contributed by atoms with E-state index in [2.05, 4.69) is 10.2 Å². The molecular formula is C18H14F2N2O3. The Morgan fingerprint density at radius 2 is 2.00 bits per heavy atom. The van der Waals surface area contributed by atoms with Crippen LogP contribution in [-0.4, -0.2) is 24.2 Å². The molecule has 2 aromatic carbocycles. The van der Waals surface area contributed by atoms with Gasteiger partial charge in [-0.05, 0) is 47.5 Å². The van der Waals surface area contributed by atoms with E-state index >= 15 is 0 Å². The molecule has 2 N–H and O–H groups in total. The molecule has 1 aliphatic heterocycles. The maximum absolute atomic E-state index is 12.5. The monoisotopic (exact) mass is 344 g/mol. The number of nitrogens with zero attached hydrogens (tertiary/aromatic N) is 1. The van der Waals surface area contributed by atoms with Crippen LogP contribution in [0.1, 0.15) is 27.5 Å². The van der Waals surface area contributed by atoms with Crippen LogP contribution in [0.15, 0.2) is 48.0 Å². The Hall–Kier alpha value is -2.93. The Labute approximate surface area is 142 Å². The number of aromatic carboxylic acids is 1. The zero-order valence-corrected chi connectivity index (χ0v) is 12.9. The Kier molecular flexibility index (Phi) is 3.65. The lowest BCUT2D eigenvalue weighted by atomic mass is 10.1. The molecule has 2 aromatic rings. The zero-order valence-electron chi connectivity index (χ0n) is 12.9. The number of hydrazine groups is 1. The molecule has 25 heavy (non-hydrogen) atoms. The first-order chi connectivity index (χ1) is 12.0. The van der Waals surface area contributed by atoms with Crippen LogP contribution in [0.4, 0.5) is 14.5 Å². The molecule has 1 fully saturated rings. The second kappa shape index (κ2) is 5.86. The number of nitrogens with one attached hydrogen (secondary N) is 1. The standard InChI is InChI=1S/C18H14F2N2O3/c19-18(20)25-15-3-1-2-13-14(15)8-11-9-22(21-16(11)13)12-6-4-10(5-7-12)17(23)24/h1-8,16,18,21H,9H2,(H,23,24). The van der Waals surface area contributed by atoms with Gasteiger partial charge in [-0.2, -0.15) is 8.78 Å². The minimum Gasteiger partial charge on any atom is -0.478 e. The normalized spacial score (nSPS) is 18.1. The van der Waals surface area contributed by atoms with Crippen LogP contribution in [0.3, 0.4) is 0 Å². The quantitative estimate of drug-likeness (QED) is 0.890. The van der Waals surface area contributed by atoms with Crippen molar-refractivity contribution < 1.29 is 23.4 Å². The topological polar surface area (TPSA) is 61.8 Å². The molecule has 1 unspecified atom stereocenters. The van der Waals surface area contributed by atoms with Crippen LogP contribution in [0.25, 0.3) is 6.08 Å². The van der Waals surface area contributed by atoms with Crippen molar-refractivity contribution in [3.8, 4) is 5.75 Å². The van der Waals surface area contributed by atoms with Gasteiger partial charge in [-0.3, -0.25) is 0 Å². The zero-order chi connectivity index (χ0) is 17.6. The van der Waals surface area contributed by atoms with Crippen molar-refractivity contribution in [2.75, 3.05) is 11.6 Å². The van der Waals surface area contributed by atoms with Crippen LogP contribution in [0, 0.1) is 0 Å². The van der Waals surface area contributed by atoms with Gasteiger partial charge in [0.1, 0.15) is 5.75 Å². The van der Waals surface area contributed by atoms with Gasteiger partial charge in [0.25, 0.3) is 0 Å². The fraction of sp³-hybridized carbons (Fsp3) is 0.167. The van der Waals surface area contributed by atoms with E-state index in [1.165, 1.54) is 6.07 Å². The third kappa shape index (κ3) is 2.72. The highest BCUT2D eigenvalue weighted by Crippen LogP contribution is 2.43. The lowest BCUT2D eigenvalue weighted by molar-refractivity contribution is -0.0500.